The summed E-state index contributed by atoms with van der Waals surface area (Å²) >= 11 is 0. The molecule has 0 radical (unpaired) electrons. The molecule has 1 aromatic rings. The van der Waals surface area contributed by atoms with Gasteiger partial charge in [0.2, 0.25) is 0 Å². The van der Waals surface area contributed by atoms with E-state index in [-0.39, 0.29) is 12.6 Å². The van der Waals surface area contributed by atoms with Crippen molar-refractivity contribution in [3.05, 3.63) is 29.8 Å². The van der Waals surface area contributed by atoms with Gasteiger partial charge in [0, 0.05) is 0 Å². The van der Waals surface area contributed by atoms with Crippen molar-refractivity contribution in [2.45, 2.75) is 52.6 Å². The van der Waals surface area contributed by atoms with Gasteiger partial charge in [-0.3, -0.25) is 0 Å². The van der Waals surface area contributed by atoms with Gasteiger partial charge in [0.1, 0.15) is 11.4 Å². The summed E-state index contributed by atoms with van der Waals surface area (Å²) in [6, 6.07) is 7.87. The van der Waals surface area contributed by atoms with Crippen LogP contribution in [0.3, 0.4) is 0 Å². The van der Waals surface area contributed by atoms with Gasteiger partial charge in [-0.2, -0.15) is 0 Å². The van der Waals surface area contributed by atoms with Gasteiger partial charge >= 0.3 is 5.97 Å². The number of ether oxygens (including phenoxy) is 2. The second-order valence-corrected chi connectivity index (χ2v) is 5.75. The Labute approximate surface area is 115 Å². The van der Waals surface area contributed by atoms with Crippen molar-refractivity contribution >= 4 is 5.97 Å². The number of rotatable bonds is 5. The van der Waals surface area contributed by atoms with Crippen LogP contribution in [0.4, 0.5) is 0 Å². The zero-order valence-electron chi connectivity index (χ0n) is 12.5. The van der Waals surface area contributed by atoms with Crippen LogP contribution < -0.4 is 4.74 Å². The first-order valence-electron chi connectivity index (χ1n) is 6.76. The lowest BCUT2D eigenvalue weighted by atomic mass is 9.99. The summed E-state index contributed by atoms with van der Waals surface area (Å²) in [4.78, 5) is 11.5. The van der Waals surface area contributed by atoms with E-state index in [1.807, 2.05) is 45.0 Å². The van der Waals surface area contributed by atoms with Gasteiger partial charge in [-0.15, -0.1) is 0 Å². The molecular formula is C16H24O3. The molecule has 3 nitrogen and oxygen atoms in total. The summed E-state index contributed by atoms with van der Waals surface area (Å²) in [5.74, 6) is 0.885. The Balaban J connectivity index is 2.48. The number of esters is 1. The molecule has 0 aliphatic carbocycles. The summed E-state index contributed by atoms with van der Waals surface area (Å²) < 4.78 is 10.6. The monoisotopic (exact) mass is 264 g/mol. The van der Waals surface area contributed by atoms with E-state index in [0.29, 0.717) is 11.7 Å². The average molecular weight is 264 g/mol. The lowest BCUT2D eigenvalue weighted by Gasteiger charge is -2.19. The summed E-state index contributed by atoms with van der Waals surface area (Å²) in [6.07, 6.45) is 1.11. The molecule has 0 heterocycles. The van der Waals surface area contributed by atoms with Crippen molar-refractivity contribution in [1.29, 1.82) is 0 Å². The maximum absolute atomic E-state index is 11.5. The standard InChI is InChI=1S/C16H24O3/c1-6-12(2)13-7-9-14(10-8-13)18-11-15(17)19-16(3,4)5/h7-10,12H,6,11H2,1-5H3. The Kier molecular flexibility index (Phi) is 5.40. The molecule has 0 bridgehead atoms. The molecular weight excluding hydrogens is 240 g/mol. The third-order valence-electron chi connectivity index (χ3n) is 2.84. The summed E-state index contributed by atoms with van der Waals surface area (Å²) in [5, 5.41) is 0. The van der Waals surface area contributed by atoms with Crippen molar-refractivity contribution in [2.24, 2.45) is 0 Å². The molecule has 0 amide bonds. The van der Waals surface area contributed by atoms with Gasteiger partial charge in [-0.1, -0.05) is 26.0 Å². The minimum atomic E-state index is -0.471. The molecule has 1 atom stereocenters. The highest BCUT2D eigenvalue weighted by atomic mass is 16.6. The van der Waals surface area contributed by atoms with Crippen LogP contribution in [0.2, 0.25) is 0 Å². The SMILES string of the molecule is CCC(C)c1ccc(OCC(=O)OC(C)(C)C)cc1. The van der Waals surface area contributed by atoms with E-state index in [4.69, 9.17) is 9.47 Å². The maximum Gasteiger partial charge on any atom is 0.344 e. The Morgan fingerprint density at radius 1 is 1.21 bits per heavy atom. The number of hydrogen-bond donors (Lipinski definition) is 0. The zero-order valence-corrected chi connectivity index (χ0v) is 12.5. The number of carbonyl (C=O) groups excluding carboxylic acids is 1. The Morgan fingerprint density at radius 3 is 2.26 bits per heavy atom. The van der Waals surface area contributed by atoms with Crippen LogP contribution >= 0.6 is 0 Å². The largest absolute Gasteiger partial charge is 0.482 e. The third kappa shape index (κ3) is 5.77. The molecule has 0 spiro atoms. The van der Waals surface area contributed by atoms with Crippen LogP contribution in [0, 0.1) is 0 Å². The number of hydrogen-bond acceptors (Lipinski definition) is 3. The summed E-state index contributed by atoms with van der Waals surface area (Å²) in [5.41, 5.74) is 0.813. The molecule has 0 fully saturated rings. The Hall–Kier alpha value is -1.51. The van der Waals surface area contributed by atoms with Crippen molar-refractivity contribution < 1.29 is 14.3 Å². The highest BCUT2D eigenvalue weighted by molar-refractivity contribution is 5.71. The van der Waals surface area contributed by atoms with Crippen molar-refractivity contribution in [3.63, 3.8) is 0 Å². The number of benzene rings is 1. The van der Waals surface area contributed by atoms with Crippen molar-refractivity contribution in [2.75, 3.05) is 6.61 Å². The van der Waals surface area contributed by atoms with Gasteiger partial charge in [-0.05, 0) is 50.8 Å². The first-order valence-corrected chi connectivity index (χ1v) is 6.76. The van der Waals surface area contributed by atoms with Gasteiger partial charge in [-0.25, -0.2) is 4.79 Å². The minimum Gasteiger partial charge on any atom is -0.482 e. The fourth-order valence-corrected chi connectivity index (χ4v) is 1.64. The molecule has 0 saturated heterocycles. The van der Waals surface area contributed by atoms with Gasteiger partial charge in [0.05, 0.1) is 0 Å². The van der Waals surface area contributed by atoms with E-state index < -0.39 is 5.60 Å². The fraction of sp³-hybridized carbons (Fsp3) is 0.562. The van der Waals surface area contributed by atoms with Gasteiger partial charge in [0.15, 0.2) is 6.61 Å². The summed E-state index contributed by atoms with van der Waals surface area (Å²) in [6.45, 7) is 9.82. The highest BCUT2D eigenvalue weighted by Gasteiger charge is 2.16. The summed E-state index contributed by atoms with van der Waals surface area (Å²) in [7, 11) is 0. The van der Waals surface area contributed by atoms with Gasteiger partial charge in [0.25, 0.3) is 0 Å². The van der Waals surface area contributed by atoms with Crippen LogP contribution in [0.5, 0.6) is 5.75 Å². The lowest BCUT2D eigenvalue weighted by Crippen LogP contribution is -2.27. The van der Waals surface area contributed by atoms with Crippen LogP contribution in [0.15, 0.2) is 24.3 Å². The van der Waals surface area contributed by atoms with Crippen LogP contribution in [-0.2, 0) is 9.53 Å². The predicted octanol–water partition coefficient (Wildman–Crippen LogP) is 3.92. The first kappa shape index (κ1) is 15.5. The van der Waals surface area contributed by atoms with Gasteiger partial charge < -0.3 is 9.47 Å². The average Bonchev–Trinajstić information content (AvgIpc) is 2.34. The van der Waals surface area contributed by atoms with E-state index in [0.717, 1.165) is 6.42 Å². The smallest absolute Gasteiger partial charge is 0.344 e. The van der Waals surface area contributed by atoms with E-state index in [2.05, 4.69) is 13.8 Å². The molecule has 106 valence electrons. The lowest BCUT2D eigenvalue weighted by molar-refractivity contribution is -0.157. The van der Waals surface area contributed by atoms with E-state index in [1.54, 1.807) is 0 Å². The van der Waals surface area contributed by atoms with Crippen LogP contribution in [-0.4, -0.2) is 18.2 Å². The maximum atomic E-state index is 11.5. The molecule has 1 rings (SSSR count). The predicted molar refractivity (Wildman–Crippen MR) is 76.5 cm³/mol. The fourth-order valence-electron chi connectivity index (χ4n) is 1.64. The normalized spacial score (nSPS) is 12.9. The van der Waals surface area contributed by atoms with Crippen LogP contribution in [0.1, 0.15) is 52.5 Å². The third-order valence-corrected chi connectivity index (χ3v) is 2.84. The van der Waals surface area contributed by atoms with Crippen molar-refractivity contribution in [3.8, 4) is 5.75 Å². The molecule has 3 heteroatoms. The second kappa shape index (κ2) is 6.60. The van der Waals surface area contributed by atoms with Crippen molar-refractivity contribution in [1.82, 2.24) is 0 Å². The minimum absolute atomic E-state index is 0.0556. The molecule has 0 aliphatic rings. The highest BCUT2D eigenvalue weighted by Crippen LogP contribution is 2.21. The topological polar surface area (TPSA) is 35.5 Å². The molecule has 1 unspecified atom stereocenters. The number of carbonyl (C=O) groups is 1. The molecule has 0 saturated carbocycles. The molecule has 1 aromatic carbocycles. The Bertz CT molecular complexity index is 401. The first-order chi connectivity index (χ1) is 8.81. The van der Waals surface area contributed by atoms with E-state index in [1.165, 1.54) is 5.56 Å². The second-order valence-electron chi connectivity index (χ2n) is 5.75. The quantitative estimate of drug-likeness (QED) is 0.756. The molecule has 0 aliphatic heterocycles. The molecule has 19 heavy (non-hydrogen) atoms. The Morgan fingerprint density at radius 2 is 1.79 bits per heavy atom. The van der Waals surface area contributed by atoms with E-state index >= 15 is 0 Å². The molecule has 0 aromatic heterocycles. The van der Waals surface area contributed by atoms with Crippen LogP contribution in [0.25, 0.3) is 0 Å². The zero-order chi connectivity index (χ0) is 14.5. The molecule has 0 N–H and O–H groups in total. The van der Waals surface area contributed by atoms with E-state index in [9.17, 15) is 4.79 Å².